The molecule has 0 saturated carbocycles. The third-order valence-corrected chi connectivity index (χ3v) is 8.34. The van der Waals surface area contributed by atoms with Crippen LogP contribution in [-0.4, -0.2) is 57.9 Å². The lowest BCUT2D eigenvalue weighted by atomic mass is 9.83. The summed E-state index contributed by atoms with van der Waals surface area (Å²) in [5, 5.41) is 31.7. The van der Waals surface area contributed by atoms with Gasteiger partial charge in [0.25, 0.3) is 0 Å². The molecular weight excluding hydrogens is 522 g/mol. The zero-order valence-electron chi connectivity index (χ0n) is 26.3. The molecule has 1 aliphatic rings. The number of hydrogen-bond donors (Lipinski definition) is 4. The Morgan fingerprint density at radius 2 is 1.71 bits per heavy atom. The van der Waals surface area contributed by atoms with Crippen LogP contribution in [0.5, 0.6) is 0 Å². The van der Waals surface area contributed by atoms with Gasteiger partial charge in [-0.25, -0.2) is 4.79 Å². The van der Waals surface area contributed by atoms with Crippen molar-refractivity contribution in [2.45, 2.75) is 105 Å². The molecule has 0 aromatic carbocycles. The summed E-state index contributed by atoms with van der Waals surface area (Å²) in [6.07, 6.45) is 8.88. The number of rotatable bonds is 16. The molecule has 0 radical (unpaired) electrons. The molecule has 1 aliphatic heterocycles. The number of primary amides is 1. The van der Waals surface area contributed by atoms with Gasteiger partial charge in [0, 0.05) is 30.1 Å². The van der Waals surface area contributed by atoms with Crippen molar-refractivity contribution in [3.63, 3.8) is 0 Å². The van der Waals surface area contributed by atoms with Gasteiger partial charge >= 0.3 is 12.1 Å². The molecule has 8 heteroatoms. The summed E-state index contributed by atoms with van der Waals surface area (Å²) in [6.45, 7) is 19.3. The van der Waals surface area contributed by atoms with E-state index >= 15 is 0 Å². The van der Waals surface area contributed by atoms with Crippen LogP contribution in [0.25, 0.3) is 0 Å². The molecule has 41 heavy (non-hydrogen) atoms. The van der Waals surface area contributed by atoms with Gasteiger partial charge in [0.2, 0.25) is 0 Å². The van der Waals surface area contributed by atoms with Gasteiger partial charge in [-0.15, -0.1) is 0 Å². The van der Waals surface area contributed by atoms with Crippen molar-refractivity contribution in [3.8, 4) is 0 Å². The number of esters is 1. The van der Waals surface area contributed by atoms with Crippen LogP contribution in [0.2, 0.25) is 0 Å². The largest absolute Gasteiger partial charge is 0.462 e. The third kappa shape index (κ3) is 12.1. The van der Waals surface area contributed by atoms with Crippen LogP contribution < -0.4 is 5.73 Å². The molecule has 8 nitrogen and oxygen atoms in total. The molecule has 0 aromatic rings. The van der Waals surface area contributed by atoms with E-state index in [-0.39, 0.29) is 42.1 Å². The molecule has 1 amide bonds. The van der Waals surface area contributed by atoms with E-state index in [0.29, 0.717) is 5.92 Å². The zero-order chi connectivity index (χ0) is 31.4. The normalized spacial score (nSPS) is 27.9. The first-order valence-electron chi connectivity index (χ1n) is 14.9. The molecular formula is C33H55NO7. The first-order chi connectivity index (χ1) is 19.1. The van der Waals surface area contributed by atoms with Gasteiger partial charge in [0.05, 0.1) is 24.2 Å². The third-order valence-electron chi connectivity index (χ3n) is 8.34. The first kappa shape index (κ1) is 36.6. The van der Waals surface area contributed by atoms with Crippen molar-refractivity contribution in [2.75, 3.05) is 0 Å². The van der Waals surface area contributed by atoms with Crippen molar-refractivity contribution < 1.29 is 34.4 Å². The number of aliphatic hydroxyl groups excluding tert-OH is 3. The molecule has 0 aliphatic carbocycles. The van der Waals surface area contributed by atoms with Gasteiger partial charge < -0.3 is 30.5 Å². The second-order valence-electron chi connectivity index (χ2n) is 12.4. The summed E-state index contributed by atoms with van der Waals surface area (Å²) in [4.78, 5) is 23.5. The maximum Gasteiger partial charge on any atom is 0.404 e. The number of allylic oxidation sites excluding steroid dienone is 3. The van der Waals surface area contributed by atoms with Crippen LogP contribution in [-0.2, 0) is 14.3 Å². The van der Waals surface area contributed by atoms with Gasteiger partial charge in [-0.2, -0.15) is 0 Å². The first-order valence-corrected chi connectivity index (χ1v) is 14.9. The number of aliphatic hydroxyl groups is 3. The Bertz CT molecular complexity index is 929. The Kier molecular flexibility index (Phi) is 15.6. The maximum absolute atomic E-state index is 12.0. The summed E-state index contributed by atoms with van der Waals surface area (Å²) in [7, 11) is 0. The lowest BCUT2D eigenvalue weighted by Gasteiger charge is -2.36. The monoisotopic (exact) mass is 577 g/mol. The van der Waals surface area contributed by atoms with Crippen molar-refractivity contribution in [1.82, 2.24) is 0 Å². The van der Waals surface area contributed by atoms with Gasteiger partial charge in [-0.05, 0) is 38.5 Å². The van der Waals surface area contributed by atoms with E-state index in [1.807, 2.05) is 39.8 Å². The second kappa shape index (κ2) is 17.5. The zero-order valence-corrected chi connectivity index (χ0v) is 26.3. The molecule has 0 aromatic heterocycles. The smallest absolute Gasteiger partial charge is 0.404 e. The molecule has 0 bridgehead atoms. The van der Waals surface area contributed by atoms with Crippen LogP contribution in [0.1, 0.15) is 74.7 Å². The van der Waals surface area contributed by atoms with Crippen LogP contribution in [0.4, 0.5) is 4.79 Å². The highest BCUT2D eigenvalue weighted by Gasteiger charge is 2.40. The molecule has 12 atom stereocenters. The number of hydrogen-bond acceptors (Lipinski definition) is 7. The Hall–Kier alpha value is -2.42. The Labute approximate surface area is 247 Å². The summed E-state index contributed by atoms with van der Waals surface area (Å²) in [5.41, 5.74) is 6.50. The fourth-order valence-electron chi connectivity index (χ4n) is 5.91. The van der Waals surface area contributed by atoms with E-state index < -0.39 is 42.4 Å². The van der Waals surface area contributed by atoms with Crippen molar-refractivity contribution in [2.24, 2.45) is 47.2 Å². The molecule has 0 spiro atoms. The minimum atomic E-state index is -0.863. The molecule has 0 unspecified atom stereocenters. The Balaban J connectivity index is 2.68. The maximum atomic E-state index is 12.0. The predicted molar refractivity (Wildman–Crippen MR) is 163 cm³/mol. The summed E-state index contributed by atoms with van der Waals surface area (Å²) < 4.78 is 10.9. The second-order valence-corrected chi connectivity index (χ2v) is 12.4. The van der Waals surface area contributed by atoms with Crippen LogP contribution >= 0.6 is 0 Å². The number of amides is 1. The predicted octanol–water partition coefficient (Wildman–Crippen LogP) is 5.33. The van der Waals surface area contributed by atoms with E-state index in [0.717, 1.165) is 12.8 Å². The van der Waals surface area contributed by atoms with E-state index in [9.17, 15) is 24.9 Å². The highest BCUT2D eigenvalue weighted by atomic mass is 16.6. The van der Waals surface area contributed by atoms with E-state index in [2.05, 4.69) is 33.4 Å². The number of ether oxygens (including phenoxy) is 2. The van der Waals surface area contributed by atoms with Gasteiger partial charge in [0.15, 0.2) is 0 Å². The topological polar surface area (TPSA) is 139 Å². The van der Waals surface area contributed by atoms with Crippen molar-refractivity contribution in [3.05, 3.63) is 48.6 Å². The highest BCUT2D eigenvalue weighted by molar-refractivity contribution is 5.73. The average molecular weight is 578 g/mol. The Morgan fingerprint density at radius 1 is 1.07 bits per heavy atom. The molecule has 1 rings (SSSR count). The van der Waals surface area contributed by atoms with Gasteiger partial charge in [-0.3, -0.25) is 4.79 Å². The lowest BCUT2D eigenvalue weighted by Crippen LogP contribution is -2.47. The summed E-state index contributed by atoms with van der Waals surface area (Å²) in [6, 6.07) is 0. The van der Waals surface area contributed by atoms with Crippen LogP contribution in [0.15, 0.2) is 48.6 Å². The van der Waals surface area contributed by atoms with Gasteiger partial charge in [0.1, 0.15) is 12.2 Å². The number of nitrogens with two attached hydrogens (primary N) is 1. The molecule has 5 N–H and O–H groups in total. The molecule has 1 fully saturated rings. The fourth-order valence-corrected chi connectivity index (χ4v) is 5.91. The number of carbonyl (C=O) groups excluding carboxylic acids is 2. The van der Waals surface area contributed by atoms with Gasteiger partial charge in [-0.1, -0.05) is 90.2 Å². The number of carbonyl (C=O) groups is 2. The van der Waals surface area contributed by atoms with E-state index in [4.69, 9.17) is 15.2 Å². The standard InChI is InChI=1S/C33H55NO7/c1-10-11-12-22(5)31(41-33(34)39)24(7)17-20(3)15-19(2)16-23(6)29(36)21(4)13-14-27(35)18-28-25(8)30(37)26(9)32(38)40-28/h10-14,16,20-31,35-37H,1,15,17-18H2,2-9H3,(H2,34,39)/b12-11-,14-13-,19-16-/t20-,21-,22-,23-,24-,25-,26+,27+,28-,29-,30-,31-/m0/s1. The quantitative estimate of drug-likeness (QED) is 0.110. The van der Waals surface area contributed by atoms with E-state index in [1.54, 1.807) is 25.2 Å². The minimum Gasteiger partial charge on any atom is -0.462 e. The van der Waals surface area contributed by atoms with E-state index in [1.165, 1.54) is 5.57 Å². The Morgan fingerprint density at radius 3 is 2.29 bits per heavy atom. The lowest BCUT2D eigenvalue weighted by molar-refractivity contribution is -0.179. The SMILES string of the molecule is C=C/C=C\[C@H](C)[C@H](OC(N)=O)[C@@H](C)C[C@@H](C)C/C(C)=C\[C@H](C)[C@@H](O)[C@@H](C)/C=C\[C@@H](O)C[C@@H]1OC(=O)[C@H](C)[C@@H](O)[C@H]1C. The fraction of sp³-hybridized carbons (Fsp3) is 0.697. The minimum absolute atomic E-state index is 0.000976. The van der Waals surface area contributed by atoms with Crippen LogP contribution in [0.3, 0.4) is 0 Å². The average Bonchev–Trinajstić information content (AvgIpc) is 2.89. The summed E-state index contributed by atoms with van der Waals surface area (Å²) in [5.74, 6) is -1.20. The number of cyclic esters (lactones) is 1. The molecule has 1 heterocycles. The summed E-state index contributed by atoms with van der Waals surface area (Å²) >= 11 is 0. The highest BCUT2D eigenvalue weighted by Crippen LogP contribution is 2.30. The van der Waals surface area contributed by atoms with Crippen LogP contribution in [0, 0.1) is 41.4 Å². The molecule has 234 valence electrons. The van der Waals surface area contributed by atoms with Crippen molar-refractivity contribution in [1.29, 1.82) is 0 Å². The van der Waals surface area contributed by atoms with Crippen molar-refractivity contribution >= 4 is 12.1 Å². The molecule has 1 saturated heterocycles.